The first kappa shape index (κ1) is 14.7. The topological polar surface area (TPSA) is 92.5 Å². The monoisotopic (exact) mass is 313 g/mol. The van der Waals surface area contributed by atoms with Gasteiger partial charge in [0.25, 0.3) is 5.24 Å². The summed E-state index contributed by atoms with van der Waals surface area (Å²) in [6.07, 6.45) is 0.261. The smallest absolute Gasteiger partial charge is 0.288 e. The van der Waals surface area contributed by atoms with Gasteiger partial charge in [-0.05, 0) is 18.2 Å². The van der Waals surface area contributed by atoms with Crippen molar-refractivity contribution in [2.45, 2.75) is 6.42 Å². The Kier molecular flexibility index (Phi) is 4.51. The zero-order valence-corrected chi connectivity index (χ0v) is 12.0. The number of nitrogens with one attached hydrogen (secondary N) is 1. The van der Waals surface area contributed by atoms with Crippen molar-refractivity contribution in [3.8, 4) is 0 Å². The molecule has 0 unspecified atom stereocenters. The number of imide groups is 1. The fourth-order valence-electron chi connectivity index (χ4n) is 1.66. The average molecular weight is 314 g/mol. The second kappa shape index (κ2) is 6.15. The van der Waals surface area contributed by atoms with Crippen LogP contribution in [0.3, 0.4) is 0 Å². The number of hydrogen-bond donors (Lipinski definition) is 2. The fourth-order valence-corrected chi connectivity index (χ4v) is 2.55. The van der Waals surface area contributed by atoms with Crippen molar-refractivity contribution in [3.63, 3.8) is 0 Å². The van der Waals surface area contributed by atoms with Crippen LogP contribution in [0.4, 0.5) is 16.2 Å². The Morgan fingerprint density at radius 1 is 1.45 bits per heavy atom. The maximum absolute atomic E-state index is 11.8. The van der Waals surface area contributed by atoms with Gasteiger partial charge in [-0.2, -0.15) is 0 Å². The van der Waals surface area contributed by atoms with Crippen LogP contribution in [-0.2, 0) is 9.59 Å². The highest BCUT2D eigenvalue weighted by molar-refractivity contribution is 8.13. The van der Waals surface area contributed by atoms with Gasteiger partial charge in [0.1, 0.15) is 6.54 Å². The second-order valence-corrected chi connectivity index (χ2v) is 5.58. The predicted octanol–water partition coefficient (Wildman–Crippen LogP) is 1.95. The SMILES string of the molecule is Nc1cc(NC(=O)CN2C(=O)CCSC2=O)ccc1Cl. The number of nitrogens with two attached hydrogens (primary N) is 1. The summed E-state index contributed by atoms with van der Waals surface area (Å²) in [5, 5.41) is 2.56. The van der Waals surface area contributed by atoms with Crippen molar-refractivity contribution in [1.82, 2.24) is 4.90 Å². The zero-order chi connectivity index (χ0) is 14.7. The highest BCUT2D eigenvalue weighted by Crippen LogP contribution is 2.22. The lowest BCUT2D eigenvalue weighted by Gasteiger charge is -2.23. The third kappa shape index (κ3) is 3.43. The molecular formula is C12H12ClN3O3S. The third-order valence-electron chi connectivity index (χ3n) is 2.64. The van der Waals surface area contributed by atoms with E-state index in [1.54, 1.807) is 12.1 Å². The molecule has 3 amide bonds. The molecule has 1 aromatic rings. The minimum absolute atomic E-state index is 0.261. The van der Waals surface area contributed by atoms with Crippen LogP contribution < -0.4 is 11.1 Å². The lowest BCUT2D eigenvalue weighted by Crippen LogP contribution is -2.43. The van der Waals surface area contributed by atoms with Gasteiger partial charge in [-0.1, -0.05) is 23.4 Å². The maximum Gasteiger partial charge on any atom is 0.288 e. The van der Waals surface area contributed by atoms with E-state index in [1.807, 2.05) is 0 Å². The van der Waals surface area contributed by atoms with Crippen LogP contribution in [0.15, 0.2) is 18.2 Å². The van der Waals surface area contributed by atoms with E-state index in [1.165, 1.54) is 6.07 Å². The van der Waals surface area contributed by atoms with E-state index in [9.17, 15) is 14.4 Å². The van der Waals surface area contributed by atoms with E-state index in [0.717, 1.165) is 16.7 Å². The summed E-state index contributed by atoms with van der Waals surface area (Å²) in [5.74, 6) is -0.334. The van der Waals surface area contributed by atoms with Gasteiger partial charge in [0.15, 0.2) is 0 Å². The number of thioether (sulfide) groups is 1. The van der Waals surface area contributed by atoms with E-state index in [2.05, 4.69) is 5.32 Å². The third-order valence-corrected chi connectivity index (χ3v) is 3.86. The van der Waals surface area contributed by atoms with Gasteiger partial charge in [-0.15, -0.1) is 0 Å². The number of amides is 3. The van der Waals surface area contributed by atoms with Crippen LogP contribution in [0.2, 0.25) is 5.02 Å². The maximum atomic E-state index is 11.8. The van der Waals surface area contributed by atoms with E-state index in [0.29, 0.717) is 22.2 Å². The number of halogens is 1. The molecule has 1 saturated heterocycles. The number of benzene rings is 1. The highest BCUT2D eigenvalue weighted by Gasteiger charge is 2.28. The summed E-state index contributed by atoms with van der Waals surface area (Å²) in [6, 6.07) is 4.65. The molecule has 0 radical (unpaired) electrons. The summed E-state index contributed by atoms with van der Waals surface area (Å²) in [6.45, 7) is -0.298. The van der Waals surface area contributed by atoms with Gasteiger partial charge < -0.3 is 11.1 Å². The lowest BCUT2D eigenvalue weighted by molar-refractivity contribution is -0.131. The Balaban J connectivity index is 1.99. The molecule has 0 aromatic heterocycles. The van der Waals surface area contributed by atoms with Gasteiger partial charge in [0.05, 0.1) is 10.7 Å². The van der Waals surface area contributed by atoms with Crippen LogP contribution in [0.5, 0.6) is 0 Å². The number of nitrogen functional groups attached to an aromatic ring is 1. The number of carbonyl (C=O) groups excluding carboxylic acids is 3. The molecule has 1 aromatic carbocycles. The molecule has 6 nitrogen and oxygen atoms in total. The standard InChI is InChI=1S/C12H12ClN3O3S/c13-8-2-1-7(5-9(8)14)15-10(17)6-16-11(18)3-4-20-12(16)19/h1-2,5H,3-4,6,14H2,(H,15,17). The molecule has 0 spiro atoms. The number of rotatable bonds is 3. The molecule has 0 atom stereocenters. The summed E-state index contributed by atoms with van der Waals surface area (Å²) in [7, 11) is 0. The molecule has 1 fully saturated rings. The molecule has 0 saturated carbocycles. The van der Waals surface area contributed by atoms with Crippen molar-refractivity contribution in [1.29, 1.82) is 0 Å². The highest BCUT2D eigenvalue weighted by atomic mass is 35.5. The minimum Gasteiger partial charge on any atom is -0.397 e. The normalized spacial score (nSPS) is 15.3. The van der Waals surface area contributed by atoms with Gasteiger partial charge in [0.2, 0.25) is 11.8 Å². The molecule has 0 bridgehead atoms. The molecule has 8 heteroatoms. The average Bonchev–Trinajstić information content (AvgIpc) is 2.38. The first-order valence-corrected chi connectivity index (χ1v) is 7.15. The van der Waals surface area contributed by atoms with E-state index in [-0.39, 0.29) is 18.9 Å². The Bertz CT molecular complexity index is 563. The first-order chi connectivity index (χ1) is 9.47. The second-order valence-electron chi connectivity index (χ2n) is 4.13. The molecule has 106 valence electrons. The molecule has 1 aliphatic rings. The van der Waals surface area contributed by atoms with Crippen molar-refractivity contribution in [3.05, 3.63) is 23.2 Å². The van der Waals surface area contributed by atoms with Gasteiger partial charge in [-0.3, -0.25) is 19.3 Å². The van der Waals surface area contributed by atoms with Gasteiger partial charge in [0, 0.05) is 17.9 Å². The summed E-state index contributed by atoms with van der Waals surface area (Å²) in [4.78, 5) is 35.9. The molecule has 0 aliphatic carbocycles. The molecule has 1 aliphatic heterocycles. The lowest BCUT2D eigenvalue weighted by atomic mass is 10.3. The number of nitrogens with zero attached hydrogens (tertiary/aromatic N) is 1. The fraction of sp³-hybridized carbons (Fsp3) is 0.250. The molecule has 2 rings (SSSR count). The van der Waals surface area contributed by atoms with Crippen LogP contribution in [0.1, 0.15) is 6.42 Å². The zero-order valence-electron chi connectivity index (χ0n) is 10.4. The van der Waals surface area contributed by atoms with Crippen LogP contribution in [-0.4, -0.2) is 34.3 Å². The van der Waals surface area contributed by atoms with E-state index < -0.39 is 11.1 Å². The summed E-state index contributed by atoms with van der Waals surface area (Å²) in [5.41, 5.74) is 6.42. The van der Waals surface area contributed by atoms with Crippen molar-refractivity contribution in [2.24, 2.45) is 0 Å². The quantitative estimate of drug-likeness (QED) is 0.832. The Labute approximate surface area is 124 Å². The summed E-state index contributed by atoms with van der Waals surface area (Å²) >= 11 is 6.80. The molecule has 20 heavy (non-hydrogen) atoms. The molecule has 3 N–H and O–H groups in total. The number of anilines is 2. The van der Waals surface area contributed by atoms with Gasteiger partial charge in [-0.25, -0.2) is 0 Å². The molecule has 1 heterocycles. The minimum atomic E-state index is -0.462. The van der Waals surface area contributed by atoms with Crippen LogP contribution >= 0.6 is 23.4 Å². The van der Waals surface area contributed by atoms with Crippen molar-refractivity contribution < 1.29 is 14.4 Å². The van der Waals surface area contributed by atoms with E-state index >= 15 is 0 Å². The summed E-state index contributed by atoms with van der Waals surface area (Å²) < 4.78 is 0. The van der Waals surface area contributed by atoms with E-state index in [4.69, 9.17) is 17.3 Å². The Hall–Kier alpha value is -1.73. The predicted molar refractivity (Wildman–Crippen MR) is 78.7 cm³/mol. The molecular weight excluding hydrogens is 302 g/mol. The van der Waals surface area contributed by atoms with Crippen LogP contribution in [0, 0.1) is 0 Å². The van der Waals surface area contributed by atoms with Gasteiger partial charge >= 0.3 is 0 Å². The number of carbonyl (C=O) groups is 3. The van der Waals surface area contributed by atoms with Crippen molar-refractivity contribution >= 4 is 51.8 Å². The first-order valence-electron chi connectivity index (χ1n) is 5.79. The largest absolute Gasteiger partial charge is 0.397 e. The van der Waals surface area contributed by atoms with Crippen molar-refractivity contribution in [2.75, 3.05) is 23.3 Å². The Morgan fingerprint density at radius 3 is 2.85 bits per heavy atom. The Morgan fingerprint density at radius 2 is 2.20 bits per heavy atom. The van der Waals surface area contributed by atoms with Crippen LogP contribution in [0.25, 0.3) is 0 Å². The number of hydrogen-bond acceptors (Lipinski definition) is 5.